The van der Waals surface area contributed by atoms with Crippen molar-refractivity contribution in [2.45, 2.75) is 19.9 Å². The molecule has 0 heterocycles. The molecule has 4 N–H and O–H groups in total. The second-order valence-corrected chi connectivity index (χ2v) is 3.90. The van der Waals surface area contributed by atoms with Crippen LogP contribution in [0.2, 0.25) is 0 Å². The van der Waals surface area contributed by atoms with E-state index < -0.39 is 0 Å². The first-order valence-electron chi connectivity index (χ1n) is 5.50. The summed E-state index contributed by atoms with van der Waals surface area (Å²) in [5.74, 6) is 0. The summed E-state index contributed by atoms with van der Waals surface area (Å²) in [4.78, 5) is 2.24. The zero-order chi connectivity index (χ0) is 12.1. The second kappa shape index (κ2) is 5.61. The fourth-order valence-corrected chi connectivity index (χ4v) is 1.82. The Morgan fingerprint density at radius 1 is 1.31 bits per heavy atom. The van der Waals surface area contributed by atoms with Crippen molar-refractivity contribution in [1.82, 2.24) is 0 Å². The Hall–Kier alpha value is -1.42. The predicted octanol–water partition coefficient (Wildman–Crippen LogP) is 1.71. The molecule has 90 valence electrons. The number of hydrogen-bond acceptors (Lipinski definition) is 4. The van der Waals surface area contributed by atoms with Gasteiger partial charge in [-0.25, -0.2) is 0 Å². The molecule has 1 rings (SSSR count). The van der Waals surface area contributed by atoms with Gasteiger partial charge in [0.15, 0.2) is 0 Å². The molecule has 0 saturated heterocycles. The first-order valence-corrected chi connectivity index (χ1v) is 5.50. The van der Waals surface area contributed by atoms with Gasteiger partial charge in [0.25, 0.3) is 0 Å². The molecule has 0 aliphatic rings. The Kier molecular flexibility index (Phi) is 4.43. The number of nitrogen functional groups attached to an aromatic ring is 2. The first kappa shape index (κ1) is 12.6. The summed E-state index contributed by atoms with van der Waals surface area (Å²) in [6.07, 6.45) is 0. The van der Waals surface area contributed by atoms with Crippen LogP contribution in [-0.4, -0.2) is 26.3 Å². The molecule has 4 heteroatoms. The SMILES string of the molecule is CCN(c1ccc(N)c(N)c1)C(C)COC. The van der Waals surface area contributed by atoms with Crippen molar-refractivity contribution in [2.24, 2.45) is 0 Å². The van der Waals surface area contributed by atoms with E-state index in [9.17, 15) is 0 Å². The molecule has 1 aromatic rings. The number of nitrogens with zero attached hydrogens (tertiary/aromatic N) is 1. The summed E-state index contributed by atoms with van der Waals surface area (Å²) >= 11 is 0. The van der Waals surface area contributed by atoms with Gasteiger partial charge in [0.05, 0.1) is 18.0 Å². The molecule has 0 aromatic heterocycles. The number of nitrogens with two attached hydrogens (primary N) is 2. The fraction of sp³-hybridized carbons (Fsp3) is 0.500. The molecular formula is C12H21N3O. The van der Waals surface area contributed by atoms with E-state index in [0.29, 0.717) is 24.0 Å². The zero-order valence-corrected chi connectivity index (χ0v) is 10.2. The number of likely N-dealkylation sites (N-methyl/N-ethyl adjacent to an activating group) is 1. The zero-order valence-electron chi connectivity index (χ0n) is 10.2. The van der Waals surface area contributed by atoms with Gasteiger partial charge in [-0.1, -0.05) is 0 Å². The molecule has 0 spiro atoms. The van der Waals surface area contributed by atoms with Gasteiger partial charge in [-0.15, -0.1) is 0 Å². The van der Waals surface area contributed by atoms with Crippen LogP contribution < -0.4 is 16.4 Å². The maximum atomic E-state index is 5.80. The molecule has 16 heavy (non-hydrogen) atoms. The van der Waals surface area contributed by atoms with Gasteiger partial charge in [-0.2, -0.15) is 0 Å². The first-order chi connectivity index (χ1) is 7.60. The van der Waals surface area contributed by atoms with Crippen LogP contribution in [0, 0.1) is 0 Å². The highest BCUT2D eigenvalue weighted by Gasteiger charge is 2.13. The van der Waals surface area contributed by atoms with Crippen molar-refractivity contribution in [3.63, 3.8) is 0 Å². The Balaban J connectivity index is 2.90. The molecular weight excluding hydrogens is 202 g/mol. The Morgan fingerprint density at radius 2 is 2.00 bits per heavy atom. The average molecular weight is 223 g/mol. The van der Waals surface area contributed by atoms with Crippen molar-refractivity contribution in [2.75, 3.05) is 36.6 Å². The molecule has 0 aliphatic heterocycles. The van der Waals surface area contributed by atoms with Crippen molar-refractivity contribution in [3.05, 3.63) is 18.2 Å². The topological polar surface area (TPSA) is 64.5 Å². The average Bonchev–Trinajstić information content (AvgIpc) is 2.25. The molecule has 0 radical (unpaired) electrons. The Bertz CT molecular complexity index is 341. The van der Waals surface area contributed by atoms with E-state index in [-0.39, 0.29) is 0 Å². The van der Waals surface area contributed by atoms with Crippen LogP contribution in [0.25, 0.3) is 0 Å². The van der Waals surface area contributed by atoms with Crippen molar-refractivity contribution in [3.8, 4) is 0 Å². The minimum Gasteiger partial charge on any atom is -0.397 e. The van der Waals surface area contributed by atoms with E-state index in [4.69, 9.17) is 16.2 Å². The van der Waals surface area contributed by atoms with Crippen LogP contribution in [-0.2, 0) is 4.74 Å². The number of methoxy groups -OCH3 is 1. The number of rotatable bonds is 5. The molecule has 0 aliphatic carbocycles. The minimum atomic E-state index is 0.318. The van der Waals surface area contributed by atoms with Crippen molar-refractivity contribution >= 4 is 17.1 Å². The molecule has 4 nitrogen and oxygen atoms in total. The molecule has 1 atom stereocenters. The van der Waals surface area contributed by atoms with E-state index >= 15 is 0 Å². The summed E-state index contributed by atoms with van der Waals surface area (Å²) in [6, 6.07) is 6.05. The third-order valence-electron chi connectivity index (χ3n) is 2.68. The lowest BCUT2D eigenvalue weighted by Crippen LogP contribution is -2.36. The van der Waals surface area contributed by atoms with Crippen LogP contribution in [0.1, 0.15) is 13.8 Å². The van der Waals surface area contributed by atoms with Gasteiger partial charge >= 0.3 is 0 Å². The molecule has 0 fully saturated rings. The maximum absolute atomic E-state index is 5.80. The summed E-state index contributed by atoms with van der Waals surface area (Å²) < 4.78 is 5.16. The van der Waals surface area contributed by atoms with Gasteiger partial charge in [0, 0.05) is 25.4 Å². The summed E-state index contributed by atoms with van der Waals surface area (Å²) in [7, 11) is 1.71. The van der Waals surface area contributed by atoms with E-state index in [2.05, 4.69) is 18.7 Å². The smallest absolute Gasteiger partial charge is 0.0663 e. The predicted molar refractivity (Wildman–Crippen MR) is 69.6 cm³/mol. The molecule has 0 saturated carbocycles. The largest absolute Gasteiger partial charge is 0.397 e. The lowest BCUT2D eigenvalue weighted by molar-refractivity contribution is 0.182. The van der Waals surface area contributed by atoms with E-state index in [0.717, 1.165) is 12.2 Å². The van der Waals surface area contributed by atoms with Crippen LogP contribution in [0.5, 0.6) is 0 Å². The van der Waals surface area contributed by atoms with Gasteiger partial charge in [-0.05, 0) is 32.0 Å². The summed E-state index contributed by atoms with van der Waals surface area (Å²) in [5.41, 5.74) is 13.8. The highest BCUT2D eigenvalue weighted by molar-refractivity contribution is 5.70. The molecule has 1 aromatic carbocycles. The van der Waals surface area contributed by atoms with E-state index in [1.165, 1.54) is 0 Å². The lowest BCUT2D eigenvalue weighted by Gasteiger charge is -2.30. The van der Waals surface area contributed by atoms with Gasteiger partial charge in [0.2, 0.25) is 0 Å². The standard InChI is InChI=1S/C12H21N3O/c1-4-15(9(2)8-16-3)10-5-6-11(13)12(14)7-10/h5-7,9H,4,8,13-14H2,1-3H3. The normalized spacial score (nSPS) is 12.4. The fourth-order valence-electron chi connectivity index (χ4n) is 1.82. The third-order valence-corrected chi connectivity index (χ3v) is 2.68. The summed E-state index contributed by atoms with van der Waals surface area (Å²) in [6.45, 7) is 5.84. The van der Waals surface area contributed by atoms with E-state index in [1.54, 1.807) is 7.11 Å². The van der Waals surface area contributed by atoms with Crippen LogP contribution in [0.15, 0.2) is 18.2 Å². The van der Waals surface area contributed by atoms with Gasteiger partial charge in [0.1, 0.15) is 0 Å². The third kappa shape index (κ3) is 2.79. The Labute approximate surface area is 97.2 Å². The van der Waals surface area contributed by atoms with Gasteiger partial charge in [-0.3, -0.25) is 0 Å². The van der Waals surface area contributed by atoms with E-state index in [1.807, 2.05) is 18.2 Å². The lowest BCUT2D eigenvalue weighted by atomic mass is 10.2. The van der Waals surface area contributed by atoms with Crippen molar-refractivity contribution in [1.29, 1.82) is 0 Å². The highest BCUT2D eigenvalue weighted by Crippen LogP contribution is 2.24. The highest BCUT2D eigenvalue weighted by atomic mass is 16.5. The number of ether oxygens (including phenoxy) is 1. The quantitative estimate of drug-likeness (QED) is 0.746. The number of benzene rings is 1. The number of anilines is 3. The molecule has 0 amide bonds. The summed E-state index contributed by atoms with van der Waals surface area (Å²) in [5, 5.41) is 0. The molecule has 1 unspecified atom stereocenters. The molecule has 0 bridgehead atoms. The minimum absolute atomic E-state index is 0.318. The Morgan fingerprint density at radius 3 is 2.50 bits per heavy atom. The van der Waals surface area contributed by atoms with Crippen LogP contribution >= 0.6 is 0 Å². The van der Waals surface area contributed by atoms with Crippen LogP contribution in [0.4, 0.5) is 17.1 Å². The van der Waals surface area contributed by atoms with Crippen molar-refractivity contribution < 1.29 is 4.74 Å². The second-order valence-electron chi connectivity index (χ2n) is 3.90. The number of hydrogen-bond donors (Lipinski definition) is 2. The van der Waals surface area contributed by atoms with Crippen LogP contribution in [0.3, 0.4) is 0 Å². The maximum Gasteiger partial charge on any atom is 0.0663 e. The van der Waals surface area contributed by atoms with Gasteiger partial charge < -0.3 is 21.1 Å². The monoisotopic (exact) mass is 223 g/mol.